The highest BCUT2D eigenvalue weighted by atomic mass is 35.5. The monoisotopic (exact) mass is 695 g/mol. The van der Waals surface area contributed by atoms with E-state index in [-0.39, 0.29) is 11.6 Å². The van der Waals surface area contributed by atoms with Gasteiger partial charge < -0.3 is 20.7 Å². The van der Waals surface area contributed by atoms with Gasteiger partial charge in [-0.2, -0.15) is 0 Å². The number of carbonyl (C=O) groups is 3. The lowest BCUT2D eigenvalue weighted by molar-refractivity contribution is -0.116. The molecule has 0 bridgehead atoms. The number of thioether (sulfide) groups is 1. The van der Waals surface area contributed by atoms with Crippen LogP contribution in [-0.4, -0.2) is 24.3 Å². The number of hydrogen-bond donors (Lipinski definition) is 3. The molecule has 0 aliphatic rings. The van der Waals surface area contributed by atoms with Crippen LogP contribution >= 0.6 is 35.0 Å². The van der Waals surface area contributed by atoms with Crippen LogP contribution in [0.2, 0.25) is 10.0 Å². The summed E-state index contributed by atoms with van der Waals surface area (Å²) in [7, 11) is 0. The van der Waals surface area contributed by atoms with E-state index in [0.29, 0.717) is 44.9 Å². The Bertz CT molecular complexity index is 1920. The Labute approximate surface area is 293 Å². The first-order valence-corrected chi connectivity index (χ1v) is 16.6. The van der Waals surface area contributed by atoms with Crippen molar-refractivity contribution < 1.29 is 19.1 Å². The molecule has 0 fully saturated rings. The zero-order chi connectivity index (χ0) is 33.9. The number of benzene rings is 5. The first-order chi connectivity index (χ1) is 23.3. The Kier molecular flexibility index (Phi) is 11.9. The molecule has 3 N–H and O–H groups in total. The van der Waals surface area contributed by atoms with Crippen molar-refractivity contribution in [1.29, 1.82) is 0 Å². The van der Waals surface area contributed by atoms with E-state index in [4.69, 9.17) is 27.9 Å². The van der Waals surface area contributed by atoms with E-state index in [2.05, 4.69) is 16.0 Å². The topological polar surface area (TPSA) is 96.5 Å². The van der Waals surface area contributed by atoms with Gasteiger partial charge in [0.2, 0.25) is 5.91 Å². The Morgan fingerprint density at radius 3 is 2.21 bits per heavy atom. The molecule has 5 rings (SSSR count). The van der Waals surface area contributed by atoms with E-state index in [1.54, 1.807) is 91.0 Å². The summed E-state index contributed by atoms with van der Waals surface area (Å²) in [5.41, 5.74) is 2.80. The minimum atomic E-state index is -0.660. The molecule has 5 aromatic rings. The van der Waals surface area contributed by atoms with E-state index >= 15 is 0 Å². The largest absolute Gasteiger partial charge is 0.494 e. The fourth-order valence-electron chi connectivity index (χ4n) is 4.61. The zero-order valence-corrected chi connectivity index (χ0v) is 28.1. The van der Waals surface area contributed by atoms with Crippen LogP contribution in [0.1, 0.15) is 33.7 Å². The minimum absolute atomic E-state index is 0.0472. The maximum Gasteiger partial charge on any atom is 0.272 e. The molecule has 1 atom stereocenters. The molecule has 0 radical (unpaired) electrons. The van der Waals surface area contributed by atoms with E-state index in [1.165, 1.54) is 11.8 Å². The van der Waals surface area contributed by atoms with Gasteiger partial charge in [-0.05, 0) is 84.8 Å². The average molecular weight is 697 g/mol. The molecule has 0 aliphatic carbocycles. The third kappa shape index (κ3) is 9.51. The molecule has 0 heterocycles. The van der Waals surface area contributed by atoms with E-state index in [1.807, 2.05) is 49.4 Å². The van der Waals surface area contributed by atoms with Crippen LogP contribution < -0.4 is 20.7 Å². The molecule has 1 unspecified atom stereocenters. The first kappa shape index (κ1) is 34.3. The third-order valence-electron chi connectivity index (χ3n) is 6.90. The second kappa shape index (κ2) is 16.7. The second-order valence-electron chi connectivity index (χ2n) is 10.4. The maximum atomic E-state index is 13.7. The third-order valence-corrected chi connectivity index (χ3v) is 8.72. The number of hydrogen-bond acceptors (Lipinski definition) is 5. The first-order valence-electron chi connectivity index (χ1n) is 15.0. The van der Waals surface area contributed by atoms with Gasteiger partial charge in [0.25, 0.3) is 11.8 Å². The number of amides is 3. The maximum absolute atomic E-state index is 13.7. The summed E-state index contributed by atoms with van der Waals surface area (Å²) in [6, 6.07) is 37.2. The van der Waals surface area contributed by atoms with Crippen molar-refractivity contribution in [2.45, 2.75) is 17.1 Å². The van der Waals surface area contributed by atoms with Gasteiger partial charge in [-0.3, -0.25) is 14.4 Å². The molecular formula is C38H31Cl2N3O4S. The van der Waals surface area contributed by atoms with Gasteiger partial charge in [-0.1, -0.05) is 89.9 Å². The van der Waals surface area contributed by atoms with Crippen molar-refractivity contribution in [2.75, 3.05) is 17.2 Å². The molecule has 0 saturated carbocycles. The van der Waals surface area contributed by atoms with Gasteiger partial charge >= 0.3 is 0 Å². The van der Waals surface area contributed by atoms with Crippen molar-refractivity contribution in [3.8, 4) is 5.75 Å². The molecule has 0 aromatic heterocycles. The lowest BCUT2D eigenvalue weighted by Gasteiger charge is -2.18. The second-order valence-corrected chi connectivity index (χ2v) is 12.4. The molecule has 10 heteroatoms. The van der Waals surface area contributed by atoms with Gasteiger partial charge in [-0.25, -0.2) is 0 Å². The molecule has 3 amide bonds. The zero-order valence-electron chi connectivity index (χ0n) is 25.8. The number of nitrogens with one attached hydrogen (secondary N) is 3. The highest BCUT2D eigenvalue weighted by Crippen LogP contribution is 2.38. The number of halogens is 2. The van der Waals surface area contributed by atoms with E-state index in [0.717, 1.165) is 10.5 Å². The van der Waals surface area contributed by atoms with E-state index in [9.17, 15) is 14.4 Å². The summed E-state index contributed by atoms with van der Waals surface area (Å²) in [5, 5.41) is 8.69. The molecule has 0 saturated heterocycles. The minimum Gasteiger partial charge on any atom is -0.494 e. The number of rotatable bonds is 12. The quantitative estimate of drug-likeness (QED) is 0.0893. The Hall–Kier alpha value is -5.02. The molecule has 7 nitrogen and oxygen atoms in total. The molecule has 0 aliphatic heterocycles. The Morgan fingerprint density at radius 1 is 0.792 bits per heavy atom. The predicted molar refractivity (Wildman–Crippen MR) is 195 cm³/mol. The smallest absolute Gasteiger partial charge is 0.272 e. The summed E-state index contributed by atoms with van der Waals surface area (Å²) in [5.74, 6) is -0.553. The van der Waals surface area contributed by atoms with Crippen molar-refractivity contribution in [2.24, 2.45) is 0 Å². The fraction of sp³-hybridized carbons (Fsp3) is 0.0789. The summed E-state index contributed by atoms with van der Waals surface area (Å²) in [6.07, 6.45) is 1.60. The summed E-state index contributed by atoms with van der Waals surface area (Å²) >= 11 is 13.8. The van der Waals surface area contributed by atoms with Crippen molar-refractivity contribution >= 4 is 70.1 Å². The molecular weight excluding hydrogens is 665 g/mol. The van der Waals surface area contributed by atoms with Gasteiger partial charge in [0, 0.05) is 21.2 Å². The van der Waals surface area contributed by atoms with Gasteiger partial charge in [0.05, 0.1) is 17.3 Å². The fourth-order valence-corrected chi connectivity index (χ4v) is 6.03. The van der Waals surface area contributed by atoms with Crippen LogP contribution in [0.4, 0.5) is 11.4 Å². The molecule has 5 aromatic carbocycles. The molecule has 242 valence electrons. The highest BCUT2D eigenvalue weighted by molar-refractivity contribution is 8.00. The number of ether oxygens (including phenoxy) is 1. The van der Waals surface area contributed by atoms with Crippen molar-refractivity contribution in [3.05, 3.63) is 160 Å². The van der Waals surface area contributed by atoms with Crippen LogP contribution in [0.15, 0.2) is 138 Å². The lowest BCUT2D eigenvalue weighted by Crippen LogP contribution is -2.30. The SMILES string of the molecule is CCOc1ccc(/C=C(/NC(=O)c2ccccc2)C(=O)Nc2cccc(SC(C(=O)Nc3cc(Cl)ccc3Cl)c3ccccc3)c2)cc1. The van der Waals surface area contributed by atoms with Crippen LogP contribution in [0, 0.1) is 0 Å². The van der Waals surface area contributed by atoms with Crippen molar-refractivity contribution in [1.82, 2.24) is 5.32 Å². The lowest BCUT2D eigenvalue weighted by atomic mass is 10.1. The Balaban J connectivity index is 1.38. The highest BCUT2D eigenvalue weighted by Gasteiger charge is 2.23. The van der Waals surface area contributed by atoms with Crippen LogP contribution in [0.5, 0.6) is 5.75 Å². The summed E-state index contributed by atoms with van der Waals surface area (Å²) in [6.45, 7) is 2.43. The van der Waals surface area contributed by atoms with Gasteiger partial charge in [-0.15, -0.1) is 11.8 Å². The van der Waals surface area contributed by atoms with Crippen LogP contribution in [0.3, 0.4) is 0 Å². The average Bonchev–Trinajstić information content (AvgIpc) is 3.10. The molecule has 0 spiro atoms. The van der Waals surface area contributed by atoms with Crippen molar-refractivity contribution in [3.63, 3.8) is 0 Å². The van der Waals surface area contributed by atoms with Gasteiger partial charge in [0.15, 0.2) is 0 Å². The number of anilines is 2. The van der Waals surface area contributed by atoms with Gasteiger partial charge in [0.1, 0.15) is 16.7 Å². The van der Waals surface area contributed by atoms with Crippen LogP contribution in [-0.2, 0) is 9.59 Å². The van der Waals surface area contributed by atoms with E-state index < -0.39 is 17.1 Å². The molecule has 48 heavy (non-hydrogen) atoms. The standard InChI is InChI=1S/C38H31Cl2N3O4S/c1-2-47-30-19-16-25(17-20-30)22-34(43-36(44)27-12-7-4-8-13-27)37(45)41-29-14-9-15-31(24-29)48-35(26-10-5-3-6-11-26)38(46)42-33-23-28(39)18-21-32(33)40/h3-24,35H,2H2,1H3,(H,41,45)(H,42,46)(H,43,44)/b34-22+. The van der Waals surface area contributed by atoms with Crippen LogP contribution in [0.25, 0.3) is 6.08 Å². The Morgan fingerprint density at radius 2 is 1.50 bits per heavy atom. The number of carbonyl (C=O) groups excluding carboxylic acids is 3. The summed E-state index contributed by atoms with van der Waals surface area (Å²) < 4.78 is 5.53. The normalized spacial score (nSPS) is 11.7. The predicted octanol–water partition coefficient (Wildman–Crippen LogP) is 9.27. The summed E-state index contributed by atoms with van der Waals surface area (Å²) in [4.78, 5) is 41.1.